The molecule has 0 bridgehead atoms. The van der Waals surface area contributed by atoms with Crippen LogP contribution in [0.4, 0.5) is 5.69 Å². The van der Waals surface area contributed by atoms with Crippen LogP contribution >= 0.6 is 0 Å². The van der Waals surface area contributed by atoms with Crippen molar-refractivity contribution in [1.82, 2.24) is 15.7 Å². The van der Waals surface area contributed by atoms with E-state index in [1.54, 1.807) is 24.3 Å². The van der Waals surface area contributed by atoms with E-state index in [9.17, 15) is 14.4 Å². The van der Waals surface area contributed by atoms with Crippen molar-refractivity contribution in [3.63, 3.8) is 0 Å². The molecule has 192 valence electrons. The number of hydrogen-bond donors (Lipinski definition) is 5. The molecule has 9 nitrogen and oxygen atoms in total. The van der Waals surface area contributed by atoms with Crippen molar-refractivity contribution < 1.29 is 19.6 Å². The molecule has 0 spiro atoms. The fourth-order valence-corrected chi connectivity index (χ4v) is 3.37. The molecule has 6 N–H and O–H groups in total. The van der Waals surface area contributed by atoms with Gasteiger partial charge in [0.1, 0.15) is 6.04 Å². The van der Waals surface area contributed by atoms with Crippen LogP contribution in [0.1, 0.15) is 54.1 Å². The first-order valence-corrected chi connectivity index (χ1v) is 12.0. The fraction of sp³-hybridized carbons (Fsp3) is 0.370. The number of unbranched alkanes of at least 4 members (excludes halogenated alkanes) is 3. The van der Waals surface area contributed by atoms with E-state index in [2.05, 4.69) is 29.4 Å². The van der Waals surface area contributed by atoms with Crippen LogP contribution in [0.3, 0.4) is 0 Å². The van der Waals surface area contributed by atoms with Crippen molar-refractivity contribution in [3.8, 4) is 11.8 Å². The molecule has 0 fully saturated rings. The van der Waals surface area contributed by atoms with E-state index in [-0.39, 0.29) is 12.5 Å². The highest BCUT2D eigenvalue weighted by molar-refractivity contribution is 5.97. The first-order chi connectivity index (χ1) is 17.4. The Balaban J connectivity index is 1.87. The number of benzene rings is 2. The number of nitrogens with zero attached hydrogens (tertiary/aromatic N) is 1. The summed E-state index contributed by atoms with van der Waals surface area (Å²) >= 11 is 0. The van der Waals surface area contributed by atoms with Gasteiger partial charge in [0.25, 0.3) is 11.8 Å². The van der Waals surface area contributed by atoms with Crippen molar-refractivity contribution in [2.45, 2.75) is 38.6 Å². The Morgan fingerprint density at radius 2 is 1.58 bits per heavy atom. The Kier molecular flexibility index (Phi) is 12.1. The van der Waals surface area contributed by atoms with Gasteiger partial charge < -0.3 is 16.4 Å². The van der Waals surface area contributed by atoms with Gasteiger partial charge in [-0.2, -0.15) is 0 Å². The minimum atomic E-state index is -1.04. The number of nitrogens with one attached hydrogen (secondary N) is 3. The smallest absolute Gasteiger partial charge is 0.267 e. The van der Waals surface area contributed by atoms with Gasteiger partial charge in [-0.05, 0) is 68.5 Å². The van der Waals surface area contributed by atoms with Crippen LogP contribution in [0.5, 0.6) is 0 Å². The van der Waals surface area contributed by atoms with Crippen molar-refractivity contribution in [1.29, 1.82) is 0 Å². The maximum Gasteiger partial charge on any atom is 0.267 e. The van der Waals surface area contributed by atoms with E-state index < -0.39 is 17.9 Å². The van der Waals surface area contributed by atoms with Crippen LogP contribution < -0.4 is 21.8 Å². The number of amides is 3. The van der Waals surface area contributed by atoms with E-state index in [0.29, 0.717) is 23.4 Å². The van der Waals surface area contributed by atoms with Crippen LogP contribution in [-0.2, 0) is 9.59 Å². The second-order valence-corrected chi connectivity index (χ2v) is 8.49. The highest BCUT2D eigenvalue weighted by Crippen LogP contribution is 2.10. The predicted molar refractivity (Wildman–Crippen MR) is 139 cm³/mol. The average Bonchev–Trinajstić information content (AvgIpc) is 2.89. The minimum absolute atomic E-state index is 0.0503. The van der Waals surface area contributed by atoms with Crippen molar-refractivity contribution in [3.05, 3.63) is 65.2 Å². The third-order valence-corrected chi connectivity index (χ3v) is 5.44. The number of anilines is 1. The van der Waals surface area contributed by atoms with Gasteiger partial charge in [-0.25, -0.2) is 5.48 Å². The second kappa shape index (κ2) is 15.3. The van der Waals surface area contributed by atoms with E-state index >= 15 is 0 Å². The number of nitrogens with two attached hydrogens (primary N) is 1. The lowest BCUT2D eigenvalue weighted by atomic mass is 10.1. The summed E-state index contributed by atoms with van der Waals surface area (Å²) in [6.07, 6.45) is 4.70. The standard InChI is InChI=1S/C27H35N5O4/c1-3-4-5-6-17-32(2)19-25(33)29-23-15-11-21(12-16-23)8-7-20-9-13-22(14-10-20)26(34)30-24(18-28)27(35)31-36/h9-16,24,36H,3-6,17-19,28H2,1-2H3,(H,29,33)(H,30,34)(H,31,35)/t24-/m0/s1. The largest absolute Gasteiger partial charge is 0.339 e. The molecule has 36 heavy (non-hydrogen) atoms. The molecule has 2 aromatic rings. The molecule has 0 unspecified atom stereocenters. The van der Waals surface area contributed by atoms with Crippen molar-refractivity contribution >= 4 is 23.4 Å². The third-order valence-electron chi connectivity index (χ3n) is 5.44. The van der Waals surface area contributed by atoms with Crippen molar-refractivity contribution in [2.75, 3.05) is 32.0 Å². The SMILES string of the molecule is CCCCCCN(C)CC(=O)Nc1ccc(C#Cc2ccc(C(=O)N[C@@H](CN)C(=O)NO)cc2)cc1. The third kappa shape index (κ3) is 9.88. The summed E-state index contributed by atoms with van der Waals surface area (Å²) in [6.45, 7) is 3.28. The van der Waals surface area contributed by atoms with Crippen LogP contribution in [0.15, 0.2) is 48.5 Å². The Labute approximate surface area is 212 Å². The number of hydroxylamine groups is 1. The molecule has 9 heteroatoms. The molecule has 0 aromatic heterocycles. The first-order valence-electron chi connectivity index (χ1n) is 12.0. The summed E-state index contributed by atoms with van der Waals surface area (Å²) in [5, 5.41) is 14.0. The average molecular weight is 494 g/mol. The number of carbonyl (C=O) groups excluding carboxylic acids is 3. The molecule has 2 rings (SSSR count). The normalized spacial score (nSPS) is 11.2. The molecule has 0 radical (unpaired) electrons. The van der Waals surface area contributed by atoms with E-state index in [0.717, 1.165) is 18.5 Å². The summed E-state index contributed by atoms with van der Waals surface area (Å²) in [4.78, 5) is 38.0. The Morgan fingerprint density at radius 3 is 2.14 bits per heavy atom. The van der Waals surface area contributed by atoms with Gasteiger partial charge in [-0.15, -0.1) is 0 Å². The summed E-state index contributed by atoms with van der Waals surface area (Å²) in [5.41, 5.74) is 9.44. The molecule has 0 aliphatic rings. The molecule has 2 aromatic carbocycles. The fourth-order valence-electron chi connectivity index (χ4n) is 3.37. The monoisotopic (exact) mass is 493 g/mol. The van der Waals surface area contributed by atoms with Gasteiger partial charge >= 0.3 is 0 Å². The van der Waals surface area contributed by atoms with E-state index in [1.807, 2.05) is 36.2 Å². The van der Waals surface area contributed by atoms with Crippen LogP contribution in [0.2, 0.25) is 0 Å². The van der Waals surface area contributed by atoms with Crippen LogP contribution in [0.25, 0.3) is 0 Å². The lowest BCUT2D eigenvalue weighted by Crippen LogP contribution is -2.50. The zero-order chi connectivity index (χ0) is 26.3. The molecule has 3 amide bonds. The highest BCUT2D eigenvalue weighted by atomic mass is 16.5. The van der Waals surface area contributed by atoms with E-state index in [4.69, 9.17) is 10.9 Å². The molecule has 0 aliphatic heterocycles. The quantitative estimate of drug-likeness (QED) is 0.133. The molecule has 1 atom stereocenters. The Bertz CT molecular complexity index is 1060. The molecular weight excluding hydrogens is 458 g/mol. The lowest BCUT2D eigenvalue weighted by molar-refractivity contribution is -0.130. The van der Waals surface area contributed by atoms with Gasteiger partial charge in [-0.3, -0.25) is 24.5 Å². The Morgan fingerprint density at radius 1 is 0.972 bits per heavy atom. The number of rotatable bonds is 12. The second-order valence-electron chi connectivity index (χ2n) is 8.49. The Hall–Kier alpha value is -3.71. The maximum absolute atomic E-state index is 12.3. The van der Waals surface area contributed by atoms with Gasteiger partial charge in [0.2, 0.25) is 5.91 Å². The summed E-state index contributed by atoms with van der Waals surface area (Å²) in [6, 6.07) is 12.8. The summed E-state index contributed by atoms with van der Waals surface area (Å²) in [7, 11) is 1.95. The number of hydrogen-bond acceptors (Lipinski definition) is 6. The molecule has 0 saturated carbocycles. The maximum atomic E-state index is 12.3. The van der Waals surface area contributed by atoms with Crippen LogP contribution in [0, 0.1) is 11.8 Å². The van der Waals surface area contributed by atoms with E-state index in [1.165, 1.54) is 24.7 Å². The molecule has 0 heterocycles. The molecule has 0 aliphatic carbocycles. The van der Waals surface area contributed by atoms with Gasteiger partial charge in [0.05, 0.1) is 6.54 Å². The number of likely N-dealkylation sites (N-methyl/N-ethyl adjacent to an activating group) is 1. The molecular formula is C27H35N5O4. The zero-order valence-corrected chi connectivity index (χ0v) is 20.8. The van der Waals surface area contributed by atoms with Gasteiger partial charge in [0.15, 0.2) is 0 Å². The summed E-state index contributed by atoms with van der Waals surface area (Å²) < 4.78 is 0. The molecule has 0 saturated heterocycles. The first kappa shape index (κ1) is 28.5. The van der Waals surface area contributed by atoms with Gasteiger partial charge in [0, 0.05) is 28.9 Å². The number of carbonyl (C=O) groups is 3. The van der Waals surface area contributed by atoms with Crippen LogP contribution in [-0.4, -0.2) is 60.6 Å². The minimum Gasteiger partial charge on any atom is -0.339 e. The zero-order valence-electron chi connectivity index (χ0n) is 20.8. The highest BCUT2D eigenvalue weighted by Gasteiger charge is 2.19. The predicted octanol–water partition coefficient (Wildman–Crippen LogP) is 2.10. The topological polar surface area (TPSA) is 137 Å². The lowest BCUT2D eigenvalue weighted by Gasteiger charge is -2.16. The van der Waals surface area contributed by atoms with Gasteiger partial charge in [-0.1, -0.05) is 38.0 Å². The van der Waals surface area contributed by atoms with Crippen molar-refractivity contribution in [2.24, 2.45) is 5.73 Å². The summed E-state index contributed by atoms with van der Waals surface area (Å²) in [5.74, 6) is 4.75.